The average Bonchev–Trinajstić information content (AvgIpc) is 3.06. The van der Waals surface area contributed by atoms with Gasteiger partial charge in [-0.2, -0.15) is 0 Å². The molecule has 1 aromatic rings. The van der Waals surface area contributed by atoms with Gasteiger partial charge in [0.15, 0.2) is 0 Å². The van der Waals surface area contributed by atoms with Crippen molar-refractivity contribution in [3.05, 3.63) is 23.8 Å². The summed E-state index contributed by atoms with van der Waals surface area (Å²) in [7, 11) is 3.26. The third-order valence-electron chi connectivity index (χ3n) is 4.01. The minimum absolute atomic E-state index is 0.153. The zero-order chi connectivity index (χ0) is 15.2. The number of nitrogens with zero attached hydrogens (tertiary/aromatic N) is 1. The molecule has 0 radical (unpaired) electrons. The van der Waals surface area contributed by atoms with Crippen molar-refractivity contribution >= 4 is 5.91 Å². The van der Waals surface area contributed by atoms with Crippen LogP contribution in [0.25, 0.3) is 0 Å². The van der Waals surface area contributed by atoms with Crippen molar-refractivity contribution in [2.24, 2.45) is 11.7 Å². The molecular formula is C16H24N2O3. The predicted octanol–water partition coefficient (Wildman–Crippen LogP) is 1.44. The zero-order valence-corrected chi connectivity index (χ0v) is 12.8. The van der Waals surface area contributed by atoms with Gasteiger partial charge in [-0.15, -0.1) is 0 Å². The molecular weight excluding hydrogens is 268 g/mol. The molecule has 1 unspecified atom stereocenters. The van der Waals surface area contributed by atoms with E-state index in [1.165, 1.54) is 0 Å². The van der Waals surface area contributed by atoms with E-state index in [0.717, 1.165) is 43.0 Å². The number of nitrogens with two attached hydrogens (primary N) is 1. The van der Waals surface area contributed by atoms with Crippen LogP contribution in [0.1, 0.15) is 18.4 Å². The van der Waals surface area contributed by atoms with E-state index in [-0.39, 0.29) is 11.8 Å². The normalized spacial score (nSPS) is 15.9. The molecule has 0 aliphatic carbocycles. The number of likely N-dealkylation sites (tertiary alicyclic amines) is 1. The smallest absolute Gasteiger partial charge is 0.227 e. The van der Waals surface area contributed by atoms with Crippen molar-refractivity contribution in [3.63, 3.8) is 0 Å². The Bertz CT molecular complexity index is 484. The fourth-order valence-electron chi connectivity index (χ4n) is 2.77. The number of rotatable bonds is 6. The Hall–Kier alpha value is -1.75. The molecule has 0 saturated carbocycles. The molecule has 1 saturated heterocycles. The Morgan fingerprint density at radius 2 is 2.00 bits per heavy atom. The molecule has 1 aliphatic heterocycles. The lowest BCUT2D eigenvalue weighted by atomic mass is 9.97. The Morgan fingerprint density at radius 3 is 2.57 bits per heavy atom. The summed E-state index contributed by atoms with van der Waals surface area (Å²) in [5, 5.41) is 0. The van der Waals surface area contributed by atoms with Crippen molar-refractivity contribution < 1.29 is 14.3 Å². The molecule has 1 heterocycles. The van der Waals surface area contributed by atoms with Gasteiger partial charge in [0.05, 0.1) is 20.1 Å². The highest BCUT2D eigenvalue weighted by atomic mass is 16.5. The van der Waals surface area contributed by atoms with E-state index < -0.39 is 0 Å². The average molecular weight is 292 g/mol. The van der Waals surface area contributed by atoms with Crippen molar-refractivity contribution in [1.82, 2.24) is 4.90 Å². The third-order valence-corrected chi connectivity index (χ3v) is 4.01. The summed E-state index contributed by atoms with van der Waals surface area (Å²) in [5.74, 6) is 1.47. The summed E-state index contributed by atoms with van der Waals surface area (Å²) in [4.78, 5) is 14.4. The van der Waals surface area contributed by atoms with Gasteiger partial charge in [-0.25, -0.2) is 0 Å². The van der Waals surface area contributed by atoms with Crippen molar-refractivity contribution in [3.8, 4) is 11.5 Å². The van der Waals surface area contributed by atoms with Crippen LogP contribution in [0.15, 0.2) is 18.2 Å². The minimum atomic E-state index is -0.205. The van der Waals surface area contributed by atoms with Crippen LogP contribution in [0, 0.1) is 5.92 Å². The van der Waals surface area contributed by atoms with Crippen LogP contribution < -0.4 is 15.2 Å². The van der Waals surface area contributed by atoms with Crippen LogP contribution in [0.2, 0.25) is 0 Å². The van der Waals surface area contributed by atoms with Gasteiger partial charge in [-0.1, -0.05) is 0 Å². The van der Waals surface area contributed by atoms with Crippen LogP contribution in [0.4, 0.5) is 0 Å². The second-order valence-corrected chi connectivity index (χ2v) is 5.35. The summed E-state index contributed by atoms with van der Waals surface area (Å²) in [5.41, 5.74) is 6.79. The van der Waals surface area contributed by atoms with E-state index in [4.69, 9.17) is 15.2 Å². The maximum atomic E-state index is 12.5. The first kappa shape index (κ1) is 15.6. The van der Waals surface area contributed by atoms with Gasteiger partial charge in [0, 0.05) is 19.6 Å². The van der Waals surface area contributed by atoms with Crippen LogP contribution in [0.3, 0.4) is 0 Å². The van der Waals surface area contributed by atoms with Gasteiger partial charge in [0.1, 0.15) is 11.5 Å². The highest BCUT2D eigenvalue weighted by Crippen LogP contribution is 2.27. The number of hydrogen-bond acceptors (Lipinski definition) is 4. The van der Waals surface area contributed by atoms with Crippen LogP contribution >= 0.6 is 0 Å². The highest BCUT2D eigenvalue weighted by Gasteiger charge is 2.26. The topological polar surface area (TPSA) is 64.8 Å². The molecule has 2 N–H and O–H groups in total. The van der Waals surface area contributed by atoms with E-state index in [2.05, 4.69) is 0 Å². The van der Waals surface area contributed by atoms with Gasteiger partial charge in [-0.3, -0.25) is 4.79 Å². The van der Waals surface area contributed by atoms with Crippen molar-refractivity contribution in [2.45, 2.75) is 19.3 Å². The molecule has 1 aliphatic rings. The van der Waals surface area contributed by atoms with Gasteiger partial charge in [0.25, 0.3) is 0 Å². The lowest BCUT2D eigenvalue weighted by molar-refractivity contribution is -0.134. The molecule has 2 rings (SSSR count). The molecule has 0 bridgehead atoms. The number of hydrogen-bond donors (Lipinski definition) is 1. The lowest BCUT2D eigenvalue weighted by Crippen LogP contribution is -2.38. The van der Waals surface area contributed by atoms with E-state index in [9.17, 15) is 4.79 Å². The fraction of sp³-hybridized carbons (Fsp3) is 0.562. The first-order chi connectivity index (χ1) is 10.2. The van der Waals surface area contributed by atoms with Gasteiger partial charge < -0.3 is 20.1 Å². The standard InChI is InChI=1S/C16H24N2O3/c1-20-14-5-6-15(21-2)12(10-14)9-13(11-17)16(19)18-7-3-4-8-18/h5-6,10,13H,3-4,7-9,11,17H2,1-2H3. The summed E-state index contributed by atoms with van der Waals surface area (Å²) < 4.78 is 10.6. The summed E-state index contributed by atoms with van der Waals surface area (Å²) >= 11 is 0. The lowest BCUT2D eigenvalue weighted by Gasteiger charge is -2.23. The molecule has 5 nitrogen and oxygen atoms in total. The second-order valence-electron chi connectivity index (χ2n) is 5.35. The second kappa shape index (κ2) is 7.31. The molecule has 21 heavy (non-hydrogen) atoms. The minimum Gasteiger partial charge on any atom is -0.497 e. The van der Waals surface area contributed by atoms with Crippen LogP contribution in [-0.2, 0) is 11.2 Å². The summed E-state index contributed by atoms with van der Waals surface area (Å²) in [6.07, 6.45) is 2.75. The Morgan fingerprint density at radius 1 is 1.29 bits per heavy atom. The zero-order valence-electron chi connectivity index (χ0n) is 12.8. The number of amides is 1. The highest BCUT2D eigenvalue weighted by molar-refractivity contribution is 5.79. The van der Waals surface area contributed by atoms with E-state index in [0.29, 0.717) is 13.0 Å². The fourth-order valence-corrected chi connectivity index (χ4v) is 2.77. The third kappa shape index (κ3) is 3.67. The summed E-state index contributed by atoms with van der Waals surface area (Å²) in [6.45, 7) is 2.05. The predicted molar refractivity (Wildman–Crippen MR) is 81.6 cm³/mol. The number of carbonyl (C=O) groups is 1. The number of methoxy groups -OCH3 is 2. The molecule has 116 valence electrons. The molecule has 1 aromatic carbocycles. The molecule has 1 amide bonds. The number of benzene rings is 1. The first-order valence-corrected chi connectivity index (χ1v) is 7.39. The molecule has 1 atom stereocenters. The Kier molecular flexibility index (Phi) is 5.44. The first-order valence-electron chi connectivity index (χ1n) is 7.39. The van der Waals surface area contributed by atoms with E-state index in [1.54, 1.807) is 14.2 Å². The molecule has 5 heteroatoms. The maximum absolute atomic E-state index is 12.5. The maximum Gasteiger partial charge on any atom is 0.227 e. The van der Waals surface area contributed by atoms with E-state index >= 15 is 0 Å². The monoisotopic (exact) mass is 292 g/mol. The Balaban J connectivity index is 2.15. The van der Waals surface area contributed by atoms with Crippen molar-refractivity contribution in [2.75, 3.05) is 33.9 Å². The van der Waals surface area contributed by atoms with Gasteiger partial charge in [-0.05, 0) is 43.0 Å². The largest absolute Gasteiger partial charge is 0.497 e. The van der Waals surface area contributed by atoms with E-state index in [1.807, 2.05) is 23.1 Å². The molecule has 1 fully saturated rings. The van der Waals surface area contributed by atoms with Gasteiger partial charge >= 0.3 is 0 Å². The molecule has 0 aromatic heterocycles. The van der Waals surface area contributed by atoms with Crippen LogP contribution in [-0.4, -0.2) is 44.7 Å². The van der Waals surface area contributed by atoms with Gasteiger partial charge in [0.2, 0.25) is 5.91 Å². The quantitative estimate of drug-likeness (QED) is 0.862. The SMILES string of the molecule is COc1ccc(OC)c(CC(CN)C(=O)N2CCCC2)c1. The summed E-state index contributed by atoms with van der Waals surface area (Å²) in [6, 6.07) is 5.63. The number of carbonyl (C=O) groups excluding carboxylic acids is 1. The van der Waals surface area contributed by atoms with Crippen LogP contribution in [0.5, 0.6) is 11.5 Å². The number of ether oxygens (including phenoxy) is 2. The Labute approximate surface area is 126 Å². The van der Waals surface area contributed by atoms with Crippen molar-refractivity contribution in [1.29, 1.82) is 0 Å². The molecule has 0 spiro atoms.